The third-order valence-electron chi connectivity index (χ3n) is 4.31. The van der Waals surface area contributed by atoms with Gasteiger partial charge in [0.15, 0.2) is 0 Å². The molecule has 1 aliphatic heterocycles. The molecule has 3 rings (SSSR count). The molecule has 2 nitrogen and oxygen atoms in total. The molecule has 1 spiro atoms. The minimum atomic E-state index is 0.121. The van der Waals surface area contributed by atoms with Gasteiger partial charge in [-0.2, -0.15) is 0 Å². The van der Waals surface area contributed by atoms with Gasteiger partial charge in [0.1, 0.15) is 11.4 Å². The molecule has 0 saturated heterocycles. The van der Waals surface area contributed by atoms with Crippen molar-refractivity contribution in [3.63, 3.8) is 0 Å². The topological polar surface area (TPSA) is 21.3 Å². The van der Waals surface area contributed by atoms with Gasteiger partial charge in [-0.3, -0.25) is 0 Å². The van der Waals surface area contributed by atoms with Gasteiger partial charge in [-0.05, 0) is 45.7 Å². The predicted octanol–water partition coefficient (Wildman–Crippen LogP) is 3.35. The maximum atomic E-state index is 6.33. The number of benzene rings is 1. The van der Waals surface area contributed by atoms with Crippen molar-refractivity contribution in [3.05, 3.63) is 29.3 Å². The molecule has 17 heavy (non-hydrogen) atoms. The molecule has 1 saturated carbocycles. The van der Waals surface area contributed by atoms with Gasteiger partial charge in [-0.25, -0.2) is 0 Å². The zero-order valence-electron chi connectivity index (χ0n) is 10.8. The third kappa shape index (κ3) is 1.85. The maximum Gasteiger partial charge on any atom is 0.124 e. The van der Waals surface area contributed by atoms with Crippen LogP contribution in [0.25, 0.3) is 0 Å². The highest BCUT2D eigenvalue weighted by atomic mass is 16.5. The first kappa shape index (κ1) is 11.1. The molecule has 0 radical (unpaired) electrons. The lowest BCUT2D eigenvalue weighted by molar-refractivity contribution is 0.0379. The quantitative estimate of drug-likeness (QED) is 0.800. The summed E-state index contributed by atoms with van der Waals surface area (Å²) in [6, 6.07) is 7.02. The Hall–Kier alpha value is -1.02. The molecule has 1 N–H and O–H groups in total. The lowest BCUT2D eigenvalue weighted by atomic mass is 9.85. The highest BCUT2D eigenvalue weighted by Gasteiger charge is 2.42. The summed E-state index contributed by atoms with van der Waals surface area (Å²) in [7, 11) is 2.06. The Kier molecular flexibility index (Phi) is 2.62. The molecule has 2 aliphatic rings. The molecule has 1 aromatic rings. The minimum Gasteiger partial charge on any atom is -0.487 e. The van der Waals surface area contributed by atoms with Crippen LogP contribution in [0, 0.1) is 6.92 Å². The van der Waals surface area contributed by atoms with E-state index in [2.05, 4.69) is 37.5 Å². The number of nitrogens with one attached hydrogen (secondary N) is 1. The number of aryl methyl sites for hydroxylation is 1. The summed E-state index contributed by atoms with van der Waals surface area (Å²) < 4.78 is 6.33. The summed E-state index contributed by atoms with van der Waals surface area (Å²) in [5.41, 5.74) is 2.77. The van der Waals surface area contributed by atoms with Gasteiger partial charge < -0.3 is 10.1 Å². The lowest BCUT2D eigenvalue weighted by Gasteiger charge is -2.40. The van der Waals surface area contributed by atoms with Crippen molar-refractivity contribution in [2.24, 2.45) is 0 Å². The van der Waals surface area contributed by atoms with Crippen molar-refractivity contribution in [1.29, 1.82) is 0 Å². The minimum absolute atomic E-state index is 0.121. The fourth-order valence-electron chi connectivity index (χ4n) is 3.37. The van der Waals surface area contributed by atoms with E-state index in [9.17, 15) is 0 Å². The molecule has 1 fully saturated rings. The van der Waals surface area contributed by atoms with Crippen molar-refractivity contribution < 1.29 is 4.74 Å². The number of fused-ring (bicyclic) bond motifs is 1. The number of hydrogen-bond acceptors (Lipinski definition) is 2. The number of rotatable bonds is 1. The molecule has 0 aromatic heterocycles. The molecule has 0 amide bonds. The van der Waals surface area contributed by atoms with Crippen LogP contribution in [0.2, 0.25) is 0 Å². The van der Waals surface area contributed by atoms with Crippen LogP contribution < -0.4 is 10.1 Å². The smallest absolute Gasteiger partial charge is 0.124 e. The molecule has 1 aliphatic carbocycles. The second-order valence-corrected chi connectivity index (χ2v) is 5.58. The Bertz CT molecular complexity index is 421. The predicted molar refractivity (Wildman–Crippen MR) is 69.4 cm³/mol. The second-order valence-electron chi connectivity index (χ2n) is 5.58. The molecule has 1 aromatic carbocycles. The number of ether oxygens (including phenoxy) is 1. The Morgan fingerprint density at radius 1 is 1.29 bits per heavy atom. The van der Waals surface area contributed by atoms with Gasteiger partial charge in [0.05, 0.1) is 0 Å². The van der Waals surface area contributed by atoms with E-state index in [1.165, 1.54) is 36.8 Å². The average molecular weight is 231 g/mol. The summed E-state index contributed by atoms with van der Waals surface area (Å²) >= 11 is 0. The largest absolute Gasteiger partial charge is 0.487 e. The summed E-state index contributed by atoms with van der Waals surface area (Å²) in [4.78, 5) is 0. The van der Waals surface area contributed by atoms with Gasteiger partial charge in [0.25, 0.3) is 0 Å². The molecule has 1 heterocycles. The van der Waals surface area contributed by atoms with Crippen LogP contribution >= 0.6 is 0 Å². The van der Waals surface area contributed by atoms with Crippen LogP contribution in [-0.4, -0.2) is 12.6 Å². The maximum absolute atomic E-state index is 6.33. The zero-order chi connectivity index (χ0) is 11.9. The monoisotopic (exact) mass is 231 g/mol. The SMILES string of the molecule is CNC1CC2(CCCC2)Oc2ccc(C)cc21. The van der Waals surface area contributed by atoms with Gasteiger partial charge >= 0.3 is 0 Å². The molecule has 92 valence electrons. The third-order valence-corrected chi connectivity index (χ3v) is 4.31. The molecular formula is C15H21NO. The fourth-order valence-corrected chi connectivity index (χ4v) is 3.37. The van der Waals surface area contributed by atoms with Crippen LogP contribution in [0.15, 0.2) is 18.2 Å². The van der Waals surface area contributed by atoms with Crippen molar-refractivity contribution in [2.75, 3.05) is 7.05 Å². The van der Waals surface area contributed by atoms with E-state index in [0.717, 1.165) is 12.2 Å². The van der Waals surface area contributed by atoms with Crippen molar-refractivity contribution in [1.82, 2.24) is 5.32 Å². The molecule has 0 bridgehead atoms. The Balaban J connectivity index is 2.00. The van der Waals surface area contributed by atoms with Crippen molar-refractivity contribution in [2.45, 2.75) is 50.7 Å². The standard InChI is InChI=1S/C15H21NO/c1-11-5-6-14-12(9-11)13(16-2)10-15(17-14)7-3-4-8-15/h5-6,9,13,16H,3-4,7-8,10H2,1-2H3. The zero-order valence-corrected chi connectivity index (χ0v) is 10.8. The van der Waals surface area contributed by atoms with E-state index >= 15 is 0 Å². The fraction of sp³-hybridized carbons (Fsp3) is 0.600. The van der Waals surface area contributed by atoms with Gasteiger partial charge in [-0.15, -0.1) is 0 Å². The Morgan fingerprint density at radius 3 is 2.76 bits per heavy atom. The summed E-state index contributed by atoms with van der Waals surface area (Å²) in [5.74, 6) is 1.10. The first-order chi connectivity index (χ1) is 8.22. The van der Waals surface area contributed by atoms with E-state index in [1.807, 2.05) is 0 Å². The summed E-state index contributed by atoms with van der Waals surface area (Å²) in [6.45, 7) is 2.15. The van der Waals surface area contributed by atoms with E-state index in [0.29, 0.717) is 6.04 Å². The van der Waals surface area contributed by atoms with Gasteiger partial charge in [0, 0.05) is 18.0 Å². The molecule has 1 unspecified atom stereocenters. The molecular weight excluding hydrogens is 210 g/mol. The van der Waals surface area contributed by atoms with E-state index < -0.39 is 0 Å². The van der Waals surface area contributed by atoms with Gasteiger partial charge in [0.2, 0.25) is 0 Å². The van der Waals surface area contributed by atoms with Crippen molar-refractivity contribution >= 4 is 0 Å². The van der Waals surface area contributed by atoms with E-state index in [1.54, 1.807) is 0 Å². The first-order valence-electron chi connectivity index (χ1n) is 6.69. The van der Waals surface area contributed by atoms with Crippen molar-refractivity contribution in [3.8, 4) is 5.75 Å². The van der Waals surface area contributed by atoms with Crippen LogP contribution in [-0.2, 0) is 0 Å². The highest BCUT2D eigenvalue weighted by Crippen LogP contribution is 2.47. The normalized spacial score (nSPS) is 25.6. The first-order valence-corrected chi connectivity index (χ1v) is 6.69. The Morgan fingerprint density at radius 2 is 2.06 bits per heavy atom. The molecule has 1 atom stereocenters. The van der Waals surface area contributed by atoms with Crippen LogP contribution in [0.4, 0.5) is 0 Å². The Labute approximate surface area is 103 Å². The summed E-state index contributed by atoms with van der Waals surface area (Å²) in [5, 5.41) is 3.46. The van der Waals surface area contributed by atoms with E-state index in [-0.39, 0.29) is 5.60 Å². The lowest BCUT2D eigenvalue weighted by Crippen LogP contribution is -2.41. The summed E-state index contributed by atoms with van der Waals surface area (Å²) in [6.07, 6.45) is 6.20. The second kappa shape index (κ2) is 4.02. The average Bonchev–Trinajstić information content (AvgIpc) is 2.77. The van der Waals surface area contributed by atoms with E-state index in [4.69, 9.17) is 4.74 Å². The van der Waals surface area contributed by atoms with Crippen LogP contribution in [0.5, 0.6) is 5.75 Å². The molecule has 2 heteroatoms. The van der Waals surface area contributed by atoms with Crippen LogP contribution in [0.3, 0.4) is 0 Å². The van der Waals surface area contributed by atoms with Gasteiger partial charge in [-0.1, -0.05) is 17.7 Å². The number of hydrogen-bond donors (Lipinski definition) is 1. The highest BCUT2D eigenvalue weighted by molar-refractivity contribution is 5.41. The van der Waals surface area contributed by atoms with Crippen LogP contribution in [0.1, 0.15) is 49.3 Å².